The van der Waals surface area contributed by atoms with E-state index in [1.807, 2.05) is 0 Å². The Morgan fingerprint density at radius 2 is 1.67 bits per heavy atom. The predicted octanol–water partition coefficient (Wildman–Crippen LogP) is 0.254. The Hall–Kier alpha value is -1.66. The average molecular weight is 226 g/mol. The number of hydrogen-bond acceptors (Lipinski definition) is 4. The number of rotatable bonds is 3. The summed E-state index contributed by atoms with van der Waals surface area (Å²) in [5.41, 5.74) is 6.08. The zero-order chi connectivity index (χ0) is 11.6. The number of allylic oxidation sites excluding steroid dienone is 1. The molecule has 0 unspecified atom stereocenters. The summed E-state index contributed by atoms with van der Waals surface area (Å²) in [6, 6.07) is 5.80. The fourth-order valence-corrected chi connectivity index (χ4v) is 1.30. The third-order valence-electron chi connectivity index (χ3n) is 1.77. The van der Waals surface area contributed by atoms with Gasteiger partial charge >= 0.3 is 0 Å². The van der Waals surface area contributed by atoms with Crippen LogP contribution in [0.1, 0.15) is 10.4 Å². The molecule has 0 saturated heterocycles. The number of Topliss-reactive ketones (excluding diaryl/α,β-unsaturated/α-hetero) is 1. The molecule has 1 rings (SSSR count). The number of primary sulfonamides is 1. The lowest BCUT2D eigenvalue weighted by Crippen LogP contribution is -2.20. The van der Waals surface area contributed by atoms with Gasteiger partial charge < -0.3 is 5.73 Å². The number of carbonyl (C=O) groups excluding carboxylic acids is 1. The fourth-order valence-electron chi connectivity index (χ4n) is 0.925. The molecule has 0 spiro atoms. The second-order valence-electron chi connectivity index (χ2n) is 2.92. The highest BCUT2D eigenvalue weighted by Gasteiger charge is 2.19. The lowest BCUT2D eigenvalue weighted by molar-refractivity contribution is 0.104. The monoisotopic (exact) mass is 226 g/mol. The van der Waals surface area contributed by atoms with Crippen LogP contribution < -0.4 is 10.9 Å². The first-order chi connectivity index (χ1) is 6.82. The maximum Gasteiger partial charge on any atom is 0.241 e. The summed E-state index contributed by atoms with van der Waals surface area (Å²) in [5.74, 6) is -0.725. The van der Waals surface area contributed by atoms with Gasteiger partial charge in [0, 0.05) is 11.3 Å². The Bertz CT molecular complexity index is 503. The molecule has 0 aliphatic carbocycles. The van der Waals surface area contributed by atoms with E-state index in [-0.39, 0.29) is 5.56 Å². The number of anilines is 1. The smallest absolute Gasteiger partial charge is 0.241 e. The molecule has 15 heavy (non-hydrogen) atoms. The molecule has 0 fully saturated rings. The zero-order valence-corrected chi connectivity index (χ0v) is 8.62. The molecule has 1 aromatic carbocycles. The van der Waals surface area contributed by atoms with Crippen LogP contribution in [-0.2, 0) is 10.0 Å². The van der Waals surface area contributed by atoms with Crippen molar-refractivity contribution in [1.82, 2.24) is 0 Å². The summed E-state index contributed by atoms with van der Waals surface area (Å²) in [6.45, 7) is 3.13. The number of nitrogens with two attached hydrogens (primary N) is 2. The Balaban J connectivity index is 3.06. The highest BCUT2D eigenvalue weighted by Crippen LogP contribution is 2.12. The summed E-state index contributed by atoms with van der Waals surface area (Å²) >= 11 is 0. The van der Waals surface area contributed by atoms with Gasteiger partial charge in [-0.15, -0.1) is 0 Å². The minimum Gasteiger partial charge on any atom is -0.399 e. The Morgan fingerprint density at radius 1 is 1.20 bits per heavy atom. The number of benzene rings is 1. The van der Waals surface area contributed by atoms with Gasteiger partial charge in [-0.1, -0.05) is 6.58 Å². The maximum absolute atomic E-state index is 11.5. The van der Waals surface area contributed by atoms with Crippen molar-refractivity contribution >= 4 is 21.5 Å². The molecule has 0 heterocycles. The highest BCUT2D eigenvalue weighted by molar-refractivity contribution is 7.94. The predicted molar refractivity (Wildman–Crippen MR) is 57.4 cm³/mol. The van der Waals surface area contributed by atoms with Crippen LogP contribution in [0.15, 0.2) is 35.7 Å². The van der Waals surface area contributed by atoms with Crippen molar-refractivity contribution in [3.05, 3.63) is 41.3 Å². The lowest BCUT2D eigenvalue weighted by Gasteiger charge is -2.02. The number of sulfonamides is 1. The van der Waals surface area contributed by atoms with Crippen LogP contribution in [0.4, 0.5) is 5.69 Å². The maximum atomic E-state index is 11.5. The van der Waals surface area contributed by atoms with Crippen LogP contribution in [0.5, 0.6) is 0 Å². The van der Waals surface area contributed by atoms with Crippen LogP contribution in [0.3, 0.4) is 0 Å². The van der Waals surface area contributed by atoms with Crippen molar-refractivity contribution in [1.29, 1.82) is 0 Å². The summed E-state index contributed by atoms with van der Waals surface area (Å²) < 4.78 is 21.7. The Kier molecular flexibility index (Phi) is 2.92. The van der Waals surface area contributed by atoms with Gasteiger partial charge in [0.2, 0.25) is 15.8 Å². The molecular formula is C9H10N2O3S. The SMILES string of the molecule is C=C(C(=O)c1ccc(N)cc1)S(N)(=O)=O. The molecule has 0 amide bonds. The van der Waals surface area contributed by atoms with Gasteiger partial charge in [-0.3, -0.25) is 4.79 Å². The van der Waals surface area contributed by atoms with Gasteiger partial charge in [0.05, 0.1) is 0 Å². The molecule has 0 radical (unpaired) electrons. The molecule has 6 heteroatoms. The standard InChI is InChI=1S/C9H10N2O3S/c1-6(15(11,13)14)9(12)7-2-4-8(10)5-3-7/h2-5H,1,10H2,(H2,11,13,14). The van der Waals surface area contributed by atoms with E-state index in [0.717, 1.165) is 0 Å². The molecule has 0 aliphatic rings. The van der Waals surface area contributed by atoms with Crippen LogP contribution >= 0.6 is 0 Å². The third kappa shape index (κ3) is 2.64. The first-order valence-electron chi connectivity index (χ1n) is 3.94. The third-order valence-corrected chi connectivity index (χ3v) is 2.64. The minimum absolute atomic E-state index is 0.184. The minimum atomic E-state index is -4.04. The van der Waals surface area contributed by atoms with Gasteiger partial charge in [0.15, 0.2) is 0 Å². The van der Waals surface area contributed by atoms with Crippen LogP contribution in [0.2, 0.25) is 0 Å². The van der Waals surface area contributed by atoms with E-state index in [2.05, 4.69) is 6.58 Å². The van der Waals surface area contributed by atoms with Gasteiger partial charge in [0.1, 0.15) is 4.91 Å². The van der Waals surface area contributed by atoms with Crippen molar-refractivity contribution in [3.63, 3.8) is 0 Å². The van der Waals surface area contributed by atoms with Gasteiger partial charge in [0.25, 0.3) is 0 Å². The van der Waals surface area contributed by atoms with E-state index in [0.29, 0.717) is 5.69 Å². The topological polar surface area (TPSA) is 103 Å². The second-order valence-corrected chi connectivity index (χ2v) is 4.50. The quantitative estimate of drug-likeness (QED) is 0.438. The van der Waals surface area contributed by atoms with Crippen LogP contribution in [0.25, 0.3) is 0 Å². The Labute approximate surface area is 87.4 Å². The molecular weight excluding hydrogens is 216 g/mol. The molecule has 4 N–H and O–H groups in total. The molecule has 0 aromatic heterocycles. The number of nitrogen functional groups attached to an aromatic ring is 1. The van der Waals surface area contributed by atoms with E-state index < -0.39 is 20.7 Å². The normalized spacial score (nSPS) is 11.0. The summed E-state index contributed by atoms with van der Waals surface area (Å²) in [5, 5.41) is 4.77. The van der Waals surface area contributed by atoms with Gasteiger partial charge in [-0.05, 0) is 24.3 Å². The summed E-state index contributed by atoms with van der Waals surface area (Å²) in [7, 11) is -4.04. The zero-order valence-electron chi connectivity index (χ0n) is 7.80. The van der Waals surface area contributed by atoms with Crippen molar-refractivity contribution < 1.29 is 13.2 Å². The Morgan fingerprint density at radius 3 is 2.07 bits per heavy atom. The highest BCUT2D eigenvalue weighted by atomic mass is 32.2. The van der Waals surface area contributed by atoms with Gasteiger partial charge in [-0.25, -0.2) is 13.6 Å². The van der Waals surface area contributed by atoms with Crippen LogP contribution in [0, 0.1) is 0 Å². The molecule has 0 atom stereocenters. The molecule has 0 bridgehead atoms. The average Bonchev–Trinajstić information content (AvgIpc) is 2.15. The second kappa shape index (κ2) is 3.84. The van der Waals surface area contributed by atoms with Crippen molar-refractivity contribution in [2.75, 3.05) is 5.73 Å². The van der Waals surface area contributed by atoms with E-state index in [4.69, 9.17) is 10.9 Å². The fraction of sp³-hybridized carbons (Fsp3) is 0. The molecule has 5 nitrogen and oxygen atoms in total. The largest absolute Gasteiger partial charge is 0.399 e. The van der Waals surface area contributed by atoms with Gasteiger partial charge in [-0.2, -0.15) is 0 Å². The van der Waals surface area contributed by atoms with E-state index in [1.165, 1.54) is 24.3 Å². The van der Waals surface area contributed by atoms with Crippen LogP contribution in [-0.4, -0.2) is 14.2 Å². The van der Waals surface area contributed by atoms with E-state index in [9.17, 15) is 13.2 Å². The van der Waals surface area contributed by atoms with Crippen molar-refractivity contribution in [3.8, 4) is 0 Å². The van der Waals surface area contributed by atoms with Crippen molar-refractivity contribution in [2.24, 2.45) is 5.14 Å². The number of hydrogen-bond donors (Lipinski definition) is 2. The van der Waals surface area contributed by atoms with E-state index in [1.54, 1.807) is 0 Å². The number of carbonyl (C=O) groups is 1. The molecule has 1 aromatic rings. The first-order valence-corrected chi connectivity index (χ1v) is 5.49. The van der Waals surface area contributed by atoms with Crippen molar-refractivity contribution in [2.45, 2.75) is 0 Å². The molecule has 0 saturated carbocycles. The summed E-state index contributed by atoms with van der Waals surface area (Å²) in [6.07, 6.45) is 0. The lowest BCUT2D eigenvalue weighted by atomic mass is 10.1. The molecule has 0 aliphatic heterocycles. The first kappa shape index (κ1) is 11.4. The van der Waals surface area contributed by atoms with E-state index >= 15 is 0 Å². The summed E-state index contributed by atoms with van der Waals surface area (Å²) in [4.78, 5) is 10.9. The number of ketones is 1. The molecule has 80 valence electrons.